The molecule has 0 fully saturated rings. The topological polar surface area (TPSA) is 50.3 Å². The van der Waals surface area contributed by atoms with Crippen molar-refractivity contribution in [2.24, 2.45) is 0 Å². The second-order valence-corrected chi connectivity index (χ2v) is 6.43. The summed E-state index contributed by atoms with van der Waals surface area (Å²) in [4.78, 5) is 31.0. The van der Waals surface area contributed by atoms with Crippen LogP contribution in [-0.2, 0) is 12.8 Å². The fourth-order valence-electron chi connectivity index (χ4n) is 3.52. The zero-order valence-electron chi connectivity index (χ0n) is 11.5. The van der Waals surface area contributed by atoms with Crippen LogP contribution >= 0.6 is 11.3 Å². The number of carbonyl (C=O) groups is 2. The maximum atomic E-state index is 12.8. The van der Waals surface area contributed by atoms with E-state index >= 15 is 0 Å². The Hall–Kier alpha value is -2.53. The van der Waals surface area contributed by atoms with Gasteiger partial charge in [0, 0.05) is 28.1 Å². The average molecular weight is 306 g/mol. The van der Waals surface area contributed by atoms with Crippen molar-refractivity contribution < 1.29 is 9.59 Å². The van der Waals surface area contributed by atoms with E-state index in [1.54, 1.807) is 11.6 Å². The van der Waals surface area contributed by atoms with Crippen molar-refractivity contribution in [3.8, 4) is 0 Å². The molecule has 0 bridgehead atoms. The number of aromatic nitrogens is 1. The van der Waals surface area contributed by atoms with Crippen LogP contribution in [0, 0.1) is 0 Å². The third-order valence-electron chi connectivity index (χ3n) is 4.47. The first-order valence-electron chi connectivity index (χ1n) is 7.11. The first-order valence-corrected chi connectivity index (χ1v) is 7.99. The molecule has 2 aliphatic rings. The minimum absolute atomic E-state index is 0.275. The number of nitrogens with zero attached hydrogens (tertiary/aromatic N) is 2. The number of rotatable bonds is 1. The predicted octanol–water partition coefficient (Wildman–Crippen LogP) is 3.20. The molecule has 0 radical (unpaired) electrons. The van der Waals surface area contributed by atoms with Gasteiger partial charge in [-0.05, 0) is 41.5 Å². The number of amides is 2. The van der Waals surface area contributed by atoms with Gasteiger partial charge in [-0.3, -0.25) is 9.59 Å². The summed E-state index contributed by atoms with van der Waals surface area (Å²) in [6.45, 7) is 0. The quantitative estimate of drug-likeness (QED) is 0.649. The van der Waals surface area contributed by atoms with Gasteiger partial charge in [0.2, 0.25) is 0 Å². The number of imide groups is 1. The molecule has 22 heavy (non-hydrogen) atoms. The lowest BCUT2D eigenvalue weighted by atomic mass is 9.91. The van der Waals surface area contributed by atoms with Gasteiger partial charge >= 0.3 is 0 Å². The summed E-state index contributed by atoms with van der Waals surface area (Å²) in [5, 5.41) is 4.13. The SMILES string of the molecule is O=C1c2ccc3c4c(ccc(c24)C(=O)N1c1nccs1)CC3. The lowest BCUT2D eigenvalue weighted by Gasteiger charge is -2.25. The molecule has 2 aromatic carbocycles. The fourth-order valence-corrected chi connectivity index (χ4v) is 4.15. The molecule has 1 aliphatic carbocycles. The van der Waals surface area contributed by atoms with Crippen LogP contribution in [0.2, 0.25) is 0 Å². The van der Waals surface area contributed by atoms with Crippen molar-refractivity contribution in [2.45, 2.75) is 12.8 Å². The van der Waals surface area contributed by atoms with E-state index in [9.17, 15) is 9.59 Å². The molecule has 5 rings (SSSR count). The van der Waals surface area contributed by atoms with Crippen LogP contribution in [0.5, 0.6) is 0 Å². The largest absolute Gasteiger partial charge is 0.268 e. The van der Waals surface area contributed by atoms with Gasteiger partial charge in [-0.25, -0.2) is 9.88 Å². The summed E-state index contributed by atoms with van der Waals surface area (Å²) >= 11 is 1.29. The van der Waals surface area contributed by atoms with Crippen molar-refractivity contribution in [3.63, 3.8) is 0 Å². The summed E-state index contributed by atoms with van der Waals surface area (Å²) in [5.41, 5.74) is 3.68. The fraction of sp³-hybridized carbons (Fsp3) is 0.118. The molecule has 3 aromatic rings. The molecule has 0 saturated heterocycles. The maximum Gasteiger partial charge on any atom is 0.267 e. The molecular formula is C17H10N2O2S. The maximum absolute atomic E-state index is 12.8. The lowest BCUT2D eigenvalue weighted by molar-refractivity contribution is 0.0893. The molecule has 2 amide bonds. The Bertz CT molecular complexity index is 917. The smallest absolute Gasteiger partial charge is 0.267 e. The zero-order chi connectivity index (χ0) is 14.8. The highest BCUT2D eigenvalue weighted by Gasteiger charge is 2.36. The van der Waals surface area contributed by atoms with E-state index in [-0.39, 0.29) is 11.8 Å². The van der Waals surface area contributed by atoms with Gasteiger partial charge in [-0.1, -0.05) is 12.1 Å². The van der Waals surface area contributed by atoms with Gasteiger partial charge in [0.25, 0.3) is 11.8 Å². The molecule has 1 aromatic heterocycles. The van der Waals surface area contributed by atoms with E-state index in [0.29, 0.717) is 16.3 Å². The summed E-state index contributed by atoms with van der Waals surface area (Å²) in [6, 6.07) is 7.74. The molecule has 0 unspecified atom stereocenters. The minimum Gasteiger partial charge on any atom is -0.268 e. The van der Waals surface area contributed by atoms with E-state index in [1.807, 2.05) is 24.3 Å². The van der Waals surface area contributed by atoms with Crippen molar-refractivity contribution in [3.05, 3.63) is 58.1 Å². The third kappa shape index (κ3) is 1.34. The monoisotopic (exact) mass is 306 g/mol. The van der Waals surface area contributed by atoms with Gasteiger partial charge in [-0.15, -0.1) is 11.3 Å². The minimum atomic E-state index is -0.275. The molecule has 4 nitrogen and oxygen atoms in total. The number of carbonyl (C=O) groups excluding carboxylic acids is 2. The second kappa shape index (κ2) is 4.01. The third-order valence-corrected chi connectivity index (χ3v) is 5.23. The Morgan fingerprint density at radius 3 is 2.09 bits per heavy atom. The Labute approximate surface area is 130 Å². The van der Waals surface area contributed by atoms with Gasteiger partial charge in [0.15, 0.2) is 5.13 Å². The number of anilines is 1. The number of hydrogen-bond donors (Lipinski definition) is 0. The van der Waals surface area contributed by atoms with E-state index in [2.05, 4.69) is 4.98 Å². The molecule has 0 atom stereocenters. The number of benzene rings is 2. The molecule has 0 spiro atoms. The van der Waals surface area contributed by atoms with Crippen LogP contribution in [0.3, 0.4) is 0 Å². The van der Waals surface area contributed by atoms with Crippen LogP contribution in [0.25, 0.3) is 10.8 Å². The van der Waals surface area contributed by atoms with Gasteiger partial charge in [0.1, 0.15) is 0 Å². The van der Waals surface area contributed by atoms with Crippen molar-refractivity contribution in [1.82, 2.24) is 4.98 Å². The van der Waals surface area contributed by atoms with E-state index < -0.39 is 0 Å². The van der Waals surface area contributed by atoms with E-state index in [1.165, 1.54) is 27.4 Å². The second-order valence-electron chi connectivity index (χ2n) is 5.55. The normalized spacial score (nSPS) is 15.9. The van der Waals surface area contributed by atoms with Crippen LogP contribution in [-0.4, -0.2) is 16.8 Å². The summed E-state index contributed by atoms with van der Waals surface area (Å²) in [5.74, 6) is -0.550. The molecule has 2 heterocycles. The predicted molar refractivity (Wildman–Crippen MR) is 84.6 cm³/mol. The molecule has 0 saturated carbocycles. The van der Waals surface area contributed by atoms with Crippen molar-refractivity contribution in [1.29, 1.82) is 0 Å². The lowest BCUT2D eigenvalue weighted by Crippen LogP contribution is -2.40. The molecule has 5 heteroatoms. The summed E-state index contributed by atoms with van der Waals surface area (Å²) < 4.78 is 0. The van der Waals surface area contributed by atoms with E-state index in [0.717, 1.165) is 23.6 Å². The van der Waals surface area contributed by atoms with Gasteiger partial charge in [-0.2, -0.15) is 0 Å². The highest BCUT2D eigenvalue weighted by molar-refractivity contribution is 7.14. The number of hydrogen-bond acceptors (Lipinski definition) is 4. The number of thiazole rings is 1. The number of aryl methyl sites for hydroxylation is 2. The van der Waals surface area contributed by atoms with Crippen LogP contribution in [0.4, 0.5) is 5.13 Å². The Morgan fingerprint density at radius 2 is 1.55 bits per heavy atom. The zero-order valence-corrected chi connectivity index (χ0v) is 12.3. The summed E-state index contributed by atoms with van der Waals surface area (Å²) in [6.07, 6.45) is 3.56. The standard InChI is InChI=1S/C17H10N2O2S/c20-15-11-5-3-9-1-2-10-4-6-12(14(11)13(9)10)16(21)19(15)17-18-7-8-22-17/h3-8H,1-2H2. The van der Waals surface area contributed by atoms with Crippen LogP contribution in [0.15, 0.2) is 35.8 Å². The highest BCUT2D eigenvalue weighted by Crippen LogP contribution is 2.39. The molecule has 0 N–H and O–H groups in total. The average Bonchev–Trinajstić information content (AvgIpc) is 3.18. The Kier molecular flexibility index (Phi) is 2.20. The van der Waals surface area contributed by atoms with Crippen LogP contribution in [0.1, 0.15) is 31.8 Å². The first kappa shape index (κ1) is 12.1. The van der Waals surface area contributed by atoms with Crippen molar-refractivity contribution >= 4 is 39.1 Å². The summed E-state index contributed by atoms with van der Waals surface area (Å²) in [7, 11) is 0. The molecule has 106 valence electrons. The Balaban J connectivity index is 1.87. The Morgan fingerprint density at radius 1 is 0.909 bits per heavy atom. The van der Waals surface area contributed by atoms with E-state index in [4.69, 9.17) is 0 Å². The molecular weight excluding hydrogens is 296 g/mol. The van der Waals surface area contributed by atoms with Crippen LogP contribution < -0.4 is 4.90 Å². The highest BCUT2D eigenvalue weighted by atomic mass is 32.1. The van der Waals surface area contributed by atoms with Crippen molar-refractivity contribution in [2.75, 3.05) is 4.90 Å². The van der Waals surface area contributed by atoms with Gasteiger partial charge < -0.3 is 0 Å². The van der Waals surface area contributed by atoms with Gasteiger partial charge in [0.05, 0.1) is 0 Å². The molecule has 1 aliphatic heterocycles. The first-order chi connectivity index (χ1) is 10.8.